The summed E-state index contributed by atoms with van der Waals surface area (Å²) in [5, 5.41) is 13.4. The van der Waals surface area contributed by atoms with E-state index in [1.54, 1.807) is 12.1 Å². The van der Waals surface area contributed by atoms with Crippen LogP contribution in [0.5, 0.6) is 17.2 Å². The van der Waals surface area contributed by atoms with E-state index >= 15 is 0 Å². The van der Waals surface area contributed by atoms with Crippen LogP contribution in [0, 0.1) is 11.3 Å². The summed E-state index contributed by atoms with van der Waals surface area (Å²) < 4.78 is 18.7. The lowest BCUT2D eigenvalue weighted by Gasteiger charge is -2.37. The standard InChI is InChI=1S/C43H39Cl2N3O4/c1-3-48-24-35-22-41-40(51-26-42(52-41)33-13-15-36(16-14-33)50-25-30-8-17-37(44)38(45)19-30)21-34(35)20-39(48)43(49)47-27(2)18-28-4-9-31(10-5-28)32-11-6-29(23-46)7-12-32/h4-17,19,21-22,27,39,42H,3,18,20,24-26H2,1-2H3,(H,47,49)/t27-,39+,42?/m1/s1. The van der Waals surface area contributed by atoms with Crippen LogP contribution in [-0.4, -0.2) is 36.0 Å². The molecule has 0 saturated carbocycles. The van der Waals surface area contributed by atoms with E-state index in [0.29, 0.717) is 53.3 Å². The van der Waals surface area contributed by atoms with Crippen molar-refractivity contribution in [2.45, 2.75) is 58.0 Å². The molecule has 0 bridgehead atoms. The minimum absolute atomic E-state index is 0.0335. The van der Waals surface area contributed by atoms with Gasteiger partial charge in [-0.25, -0.2) is 0 Å². The molecule has 1 unspecified atom stereocenters. The molecule has 0 aliphatic carbocycles. The van der Waals surface area contributed by atoms with E-state index in [1.807, 2.05) is 60.7 Å². The topological polar surface area (TPSA) is 83.8 Å². The fourth-order valence-corrected chi connectivity index (χ4v) is 7.17. The summed E-state index contributed by atoms with van der Waals surface area (Å²) in [6.07, 6.45) is 1.07. The molecule has 0 saturated heterocycles. The lowest BCUT2D eigenvalue weighted by molar-refractivity contribution is -0.127. The maximum Gasteiger partial charge on any atom is 0.237 e. The molecule has 1 N–H and O–H groups in total. The summed E-state index contributed by atoms with van der Waals surface area (Å²) in [7, 11) is 0. The molecule has 1 amide bonds. The van der Waals surface area contributed by atoms with Crippen molar-refractivity contribution in [3.63, 3.8) is 0 Å². The van der Waals surface area contributed by atoms with Crippen LogP contribution in [0.25, 0.3) is 11.1 Å². The number of likely N-dealkylation sites (N-methyl/N-ethyl adjacent to an activating group) is 1. The average molecular weight is 733 g/mol. The predicted octanol–water partition coefficient (Wildman–Crippen LogP) is 9.12. The molecule has 0 aromatic heterocycles. The molecule has 2 aliphatic rings. The molecule has 2 heterocycles. The van der Waals surface area contributed by atoms with Crippen molar-refractivity contribution in [2.24, 2.45) is 0 Å². The van der Waals surface area contributed by atoms with E-state index in [-0.39, 0.29) is 24.1 Å². The van der Waals surface area contributed by atoms with Crippen LogP contribution in [0.4, 0.5) is 0 Å². The zero-order chi connectivity index (χ0) is 36.2. The third-order valence-electron chi connectivity index (χ3n) is 9.73. The Morgan fingerprint density at radius 3 is 2.29 bits per heavy atom. The Bertz CT molecular complexity index is 2100. The molecule has 0 fully saturated rings. The highest BCUT2D eigenvalue weighted by Gasteiger charge is 2.33. The van der Waals surface area contributed by atoms with Crippen molar-refractivity contribution in [3.8, 4) is 34.4 Å². The Kier molecular flexibility index (Phi) is 10.7. The number of ether oxygens (including phenoxy) is 3. The summed E-state index contributed by atoms with van der Waals surface area (Å²) in [5.74, 6) is 2.20. The summed E-state index contributed by atoms with van der Waals surface area (Å²) in [4.78, 5) is 15.9. The van der Waals surface area contributed by atoms with Crippen molar-refractivity contribution in [3.05, 3.63) is 147 Å². The van der Waals surface area contributed by atoms with E-state index in [2.05, 4.69) is 60.5 Å². The van der Waals surface area contributed by atoms with E-state index < -0.39 is 0 Å². The zero-order valence-corrected chi connectivity index (χ0v) is 30.6. The van der Waals surface area contributed by atoms with Gasteiger partial charge in [-0.3, -0.25) is 9.69 Å². The summed E-state index contributed by atoms with van der Waals surface area (Å²) >= 11 is 12.2. The number of carbonyl (C=O) groups excluding carboxylic acids is 1. The van der Waals surface area contributed by atoms with Crippen LogP contribution < -0.4 is 19.5 Å². The third kappa shape index (κ3) is 8.05. The Hall–Kier alpha value is -5.00. The lowest BCUT2D eigenvalue weighted by Crippen LogP contribution is -2.52. The summed E-state index contributed by atoms with van der Waals surface area (Å²) in [6.45, 7) is 6.31. The highest BCUT2D eigenvalue weighted by Crippen LogP contribution is 2.41. The molecule has 3 atom stereocenters. The first kappa shape index (κ1) is 35.4. The quantitative estimate of drug-likeness (QED) is 0.154. The maximum atomic E-state index is 13.7. The van der Waals surface area contributed by atoms with Crippen LogP contribution in [0.15, 0.2) is 103 Å². The monoisotopic (exact) mass is 731 g/mol. The molecule has 5 aromatic rings. The molecule has 2 aliphatic heterocycles. The van der Waals surface area contributed by atoms with Crippen LogP contribution >= 0.6 is 23.2 Å². The Morgan fingerprint density at radius 1 is 0.904 bits per heavy atom. The van der Waals surface area contributed by atoms with E-state index in [4.69, 9.17) is 42.7 Å². The average Bonchev–Trinajstić information content (AvgIpc) is 3.17. The number of amides is 1. The summed E-state index contributed by atoms with van der Waals surface area (Å²) in [6, 6.07) is 35.3. The van der Waals surface area contributed by atoms with Gasteiger partial charge in [-0.05, 0) is 114 Å². The fourth-order valence-electron chi connectivity index (χ4n) is 6.85. The minimum atomic E-state index is -0.272. The second kappa shape index (κ2) is 15.7. The maximum absolute atomic E-state index is 13.7. The predicted molar refractivity (Wildman–Crippen MR) is 204 cm³/mol. The van der Waals surface area contributed by atoms with Gasteiger partial charge >= 0.3 is 0 Å². The Morgan fingerprint density at radius 2 is 1.60 bits per heavy atom. The van der Waals surface area contributed by atoms with E-state index in [9.17, 15) is 4.79 Å². The molecule has 52 heavy (non-hydrogen) atoms. The largest absolute Gasteiger partial charge is 0.489 e. The van der Waals surface area contributed by atoms with Crippen molar-refractivity contribution in [2.75, 3.05) is 13.2 Å². The van der Waals surface area contributed by atoms with Gasteiger partial charge in [0, 0.05) is 12.6 Å². The smallest absolute Gasteiger partial charge is 0.237 e. The number of hydrogen-bond acceptors (Lipinski definition) is 6. The first-order chi connectivity index (χ1) is 25.3. The number of nitrogens with one attached hydrogen (secondary N) is 1. The zero-order valence-electron chi connectivity index (χ0n) is 29.1. The number of benzene rings is 5. The molecule has 0 radical (unpaired) electrons. The first-order valence-corrected chi connectivity index (χ1v) is 18.3. The molecule has 9 heteroatoms. The van der Waals surface area contributed by atoms with Gasteiger partial charge in [-0.15, -0.1) is 0 Å². The first-order valence-electron chi connectivity index (χ1n) is 17.5. The van der Waals surface area contributed by atoms with Crippen molar-refractivity contribution >= 4 is 29.1 Å². The van der Waals surface area contributed by atoms with Crippen LogP contribution in [0.1, 0.15) is 53.3 Å². The van der Waals surface area contributed by atoms with Gasteiger partial charge in [0.05, 0.1) is 27.7 Å². The van der Waals surface area contributed by atoms with Crippen molar-refractivity contribution in [1.82, 2.24) is 10.2 Å². The molecular weight excluding hydrogens is 693 g/mol. The normalized spacial score (nSPS) is 17.1. The Balaban J connectivity index is 0.949. The number of nitrogens with zero attached hydrogens (tertiary/aromatic N) is 2. The van der Waals surface area contributed by atoms with Gasteiger partial charge in [0.15, 0.2) is 17.6 Å². The van der Waals surface area contributed by atoms with Gasteiger partial charge < -0.3 is 19.5 Å². The number of hydrogen-bond donors (Lipinski definition) is 1. The van der Waals surface area contributed by atoms with Crippen LogP contribution in [-0.2, 0) is 30.8 Å². The van der Waals surface area contributed by atoms with Gasteiger partial charge in [-0.2, -0.15) is 5.26 Å². The number of rotatable bonds is 10. The van der Waals surface area contributed by atoms with Crippen molar-refractivity contribution in [1.29, 1.82) is 5.26 Å². The van der Waals surface area contributed by atoms with Gasteiger partial charge in [0.2, 0.25) is 5.91 Å². The summed E-state index contributed by atoms with van der Waals surface area (Å²) in [5.41, 5.74) is 8.14. The SMILES string of the molecule is CCN1Cc2cc3c(cc2C[C@H]1C(=O)N[C@H](C)Cc1ccc(-c2ccc(C#N)cc2)cc1)OCC(c1ccc(OCc2ccc(Cl)c(Cl)c2)cc1)O3. The van der Waals surface area contributed by atoms with Gasteiger partial charge in [-0.1, -0.05) is 84.7 Å². The Labute approximate surface area is 314 Å². The number of carbonyl (C=O) groups is 1. The van der Waals surface area contributed by atoms with Gasteiger partial charge in [0.25, 0.3) is 0 Å². The molecular formula is C43H39Cl2N3O4. The molecule has 7 nitrogen and oxygen atoms in total. The highest BCUT2D eigenvalue weighted by molar-refractivity contribution is 6.42. The third-order valence-corrected chi connectivity index (χ3v) is 10.5. The van der Waals surface area contributed by atoms with Crippen molar-refractivity contribution < 1.29 is 19.0 Å². The number of nitriles is 1. The molecule has 7 rings (SSSR count). The second-order valence-electron chi connectivity index (χ2n) is 13.4. The van der Waals surface area contributed by atoms with Crippen LogP contribution in [0.2, 0.25) is 10.0 Å². The minimum Gasteiger partial charge on any atom is -0.489 e. The van der Waals surface area contributed by atoms with E-state index in [1.165, 1.54) is 0 Å². The number of halogens is 2. The number of fused-ring (bicyclic) bond motifs is 2. The van der Waals surface area contributed by atoms with E-state index in [0.717, 1.165) is 57.7 Å². The molecule has 0 spiro atoms. The van der Waals surface area contributed by atoms with Gasteiger partial charge in [0.1, 0.15) is 19.0 Å². The second-order valence-corrected chi connectivity index (χ2v) is 14.2. The molecule has 264 valence electrons. The van der Waals surface area contributed by atoms with Crippen LogP contribution in [0.3, 0.4) is 0 Å². The lowest BCUT2D eigenvalue weighted by atomic mass is 9.92. The molecule has 5 aromatic carbocycles. The fraction of sp³-hybridized carbons (Fsp3) is 0.256. The highest BCUT2D eigenvalue weighted by atomic mass is 35.5.